The first kappa shape index (κ1) is 10.3. The van der Waals surface area contributed by atoms with Crippen molar-refractivity contribution in [1.82, 2.24) is 5.32 Å². The standard InChI is InChI=1S/C12H17NO2/c1-8-6-9(10-4-3-5-13-10)7-11(15-2)12(8)14/h6-7,10,13-14H,3-5H2,1-2H3. The van der Waals surface area contributed by atoms with Crippen LogP contribution in [0.4, 0.5) is 0 Å². The molecule has 1 heterocycles. The first-order chi connectivity index (χ1) is 7.22. The maximum atomic E-state index is 9.72. The zero-order valence-corrected chi connectivity index (χ0v) is 9.21. The minimum absolute atomic E-state index is 0.249. The van der Waals surface area contributed by atoms with Gasteiger partial charge in [0.1, 0.15) is 0 Å². The molecular formula is C12H17NO2. The lowest BCUT2D eigenvalue weighted by molar-refractivity contribution is 0.370. The average molecular weight is 207 g/mol. The molecule has 1 aliphatic rings. The molecule has 3 nitrogen and oxygen atoms in total. The minimum Gasteiger partial charge on any atom is -0.504 e. The van der Waals surface area contributed by atoms with Crippen molar-refractivity contribution < 1.29 is 9.84 Å². The van der Waals surface area contributed by atoms with Crippen LogP contribution in [0.2, 0.25) is 0 Å². The number of benzene rings is 1. The van der Waals surface area contributed by atoms with E-state index in [4.69, 9.17) is 4.74 Å². The quantitative estimate of drug-likeness (QED) is 0.780. The Morgan fingerprint density at radius 3 is 2.87 bits per heavy atom. The molecule has 0 radical (unpaired) electrons. The van der Waals surface area contributed by atoms with Crippen LogP contribution >= 0.6 is 0 Å². The van der Waals surface area contributed by atoms with Gasteiger partial charge in [0.05, 0.1) is 7.11 Å². The molecule has 0 spiro atoms. The molecule has 15 heavy (non-hydrogen) atoms. The third-order valence-electron chi connectivity index (χ3n) is 2.97. The summed E-state index contributed by atoms with van der Waals surface area (Å²) in [6.45, 7) is 2.98. The Morgan fingerprint density at radius 1 is 1.47 bits per heavy atom. The van der Waals surface area contributed by atoms with E-state index in [1.165, 1.54) is 12.0 Å². The molecule has 1 saturated heterocycles. The molecule has 1 fully saturated rings. The Balaban J connectivity index is 2.35. The zero-order valence-electron chi connectivity index (χ0n) is 9.21. The zero-order chi connectivity index (χ0) is 10.8. The second-order valence-corrected chi connectivity index (χ2v) is 4.04. The van der Waals surface area contributed by atoms with Crippen LogP contribution in [-0.4, -0.2) is 18.8 Å². The third kappa shape index (κ3) is 1.92. The summed E-state index contributed by atoms with van der Waals surface area (Å²) in [5, 5.41) is 13.2. The topological polar surface area (TPSA) is 41.5 Å². The highest BCUT2D eigenvalue weighted by molar-refractivity contribution is 5.48. The van der Waals surface area contributed by atoms with E-state index < -0.39 is 0 Å². The van der Waals surface area contributed by atoms with Crippen molar-refractivity contribution in [2.24, 2.45) is 0 Å². The van der Waals surface area contributed by atoms with E-state index in [0.29, 0.717) is 11.8 Å². The van der Waals surface area contributed by atoms with E-state index in [1.54, 1.807) is 7.11 Å². The Labute approximate surface area is 90.1 Å². The van der Waals surface area contributed by atoms with Gasteiger partial charge < -0.3 is 15.2 Å². The van der Waals surface area contributed by atoms with E-state index >= 15 is 0 Å². The van der Waals surface area contributed by atoms with Crippen molar-refractivity contribution >= 4 is 0 Å². The first-order valence-corrected chi connectivity index (χ1v) is 5.33. The second kappa shape index (κ2) is 4.11. The SMILES string of the molecule is COc1cc(C2CCCN2)cc(C)c1O. The van der Waals surface area contributed by atoms with Gasteiger partial charge in [0.2, 0.25) is 0 Å². The predicted molar refractivity (Wildman–Crippen MR) is 59.4 cm³/mol. The predicted octanol–water partition coefficient (Wildman–Crippen LogP) is 2.13. The van der Waals surface area contributed by atoms with E-state index in [0.717, 1.165) is 18.5 Å². The van der Waals surface area contributed by atoms with Crippen LogP contribution in [0.3, 0.4) is 0 Å². The van der Waals surface area contributed by atoms with Gasteiger partial charge in [-0.05, 0) is 43.5 Å². The van der Waals surface area contributed by atoms with Gasteiger partial charge in [0, 0.05) is 6.04 Å². The second-order valence-electron chi connectivity index (χ2n) is 4.04. The fourth-order valence-electron chi connectivity index (χ4n) is 2.10. The van der Waals surface area contributed by atoms with Gasteiger partial charge in [-0.25, -0.2) is 0 Å². The Bertz CT molecular complexity index is 357. The number of hydrogen-bond acceptors (Lipinski definition) is 3. The van der Waals surface area contributed by atoms with E-state index in [-0.39, 0.29) is 5.75 Å². The van der Waals surface area contributed by atoms with Crippen LogP contribution in [0.1, 0.15) is 30.0 Å². The summed E-state index contributed by atoms with van der Waals surface area (Å²) in [5.41, 5.74) is 2.08. The number of aromatic hydroxyl groups is 1. The molecule has 1 aromatic rings. The summed E-state index contributed by atoms with van der Waals surface area (Å²) >= 11 is 0. The lowest BCUT2D eigenvalue weighted by atomic mass is 10.0. The smallest absolute Gasteiger partial charge is 0.161 e. The molecule has 1 aromatic carbocycles. The van der Waals surface area contributed by atoms with Gasteiger partial charge in [-0.1, -0.05) is 6.07 Å². The molecule has 0 bridgehead atoms. The van der Waals surface area contributed by atoms with Gasteiger partial charge >= 0.3 is 0 Å². The highest BCUT2D eigenvalue weighted by Gasteiger charge is 2.18. The lowest BCUT2D eigenvalue weighted by Crippen LogP contribution is -2.13. The number of methoxy groups -OCH3 is 1. The highest BCUT2D eigenvalue weighted by Crippen LogP contribution is 2.34. The fraction of sp³-hybridized carbons (Fsp3) is 0.500. The van der Waals surface area contributed by atoms with Gasteiger partial charge in [-0.15, -0.1) is 0 Å². The molecule has 0 aliphatic carbocycles. The number of aryl methyl sites for hydroxylation is 1. The fourth-order valence-corrected chi connectivity index (χ4v) is 2.10. The Hall–Kier alpha value is -1.22. The maximum absolute atomic E-state index is 9.72. The molecule has 2 N–H and O–H groups in total. The van der Waals surface area contributed by atoms with Gasteiger partial charge in [-0.2, -0.15) is 0 Å². The maximum Gasteiger partial charge on any atom is 0.161 e. The van der Waals surface area contributed by atoms with Gasteiger partial charge in [-0.3, -0.25) is 0 Å². The molecule has 1 aliphatic heterocycles. The summed E-state index contributed by atoms with van der Waals surface area (Å²) in [7, 11) is 1.58. The third-order valence-corrected chi connectivity index (χ3v) is 2.97. The Kier molecular flexibility index (Phi) is 2.82. The molecule has 0 aromatic heterocycles. The summed E-state index contributed by atoms with van der Waals surface area (Å²) < 4.78 is 5.15. The molecule has 82 valence electrons. The lowest BCUT2D eigenvalue weighted by Gasteiger charge is -2.14. The van der Waals surface area contributed by atoms with E-state index in [2.05, 4.69) is 5.32 Å². The number of nitrogens with one attached hydrogen (secondary N) is 1. The molecule has 1 unspecified atom stereocenters. The van der Waals surface area contributed by atoms with Crippen molar-refractivity contribution in [3.63, 3.8) is 0 Å². The number of phenols is 1. The van der Waals surface area contributed by atoms with Crippen molar-refractivity contribution in [2.45, 2.75) is 25.8 Å². The van der Waals surface area contributed by atoms with Crippen LogP contribution in [-0.2, 0) is 0 Å². The van der Waals surface area contributed by atoms with E-state index in [9.17, 15) is 5.11 Å². The van der Waals surface area contributed by atoms with Crippen molar-refractivity contribution in [3.8, 4) is 11.5 Å². The summed E-state index contributed by atoms with van der Waals surface area (Å²) in [4.78, 5) is 0. The van der Waals surface area contributed by atoms with Crippen molar-refractivity contribution in [2.75, 3.05) is 13.7 Å². The minimum atomic E-state index is 0.249. The summed E-state index contributed by atoms with van der Waals surface area (Å²) in [6, 6.07) is 4.37. The highest BCUT2D eigenvalue weighted by atomic mass is 16.5. The molecule has 1 atom stereocenters. The van der Waals surface area contributed by atoms with Crippen LogP contribution in [0.25, 0.3) is 0 Å². The van der Waals surface area contributed by atoms with Crippen molar-refractivity contribution in [1.29, 1.82) is 0 Å². The van der Waals surface area contributed by atoms with Crippen LogP contribution in [0, 0.1) is 6.92 Å². The van der Waals surface area contributed by atoms with Gasteiger partial charge in [0.15, 0.2) is 11.5 Å². The van der Waals surface area contributed by atoms with E-state index in [1.807, 2.05) is 19.1 Å². The van der Waals surface area contributed by atoms with Crippen LogP contribution < -0.4 is 10.1 Å². The van der Waals surface area contributed by atoms with Gasteiger partial charge in [0.25, 0.3) is 0 Å². The first-order valence-electron chi connectivity index (χ1n) is 5.33. The number of hydrogen-bond donors (Lipinski definition) is 2. The molecule has 2 rings (SSSR count). The number of phenolic OH excluding ortho intramolecular Hbond substituents is 1. The number of ether oxygens (including phenoxy) is 1. The number of rotatable bonds is 2. The molecule has 0 amide bonds. The van der Waals surface area contributed by atoms with Crippen LogP contribution in [0.15, 0.2) is 12.1 Å². The summed E-state index contributed by atoms with van der Waals surface area (Å²) in [5.74, 6) is 0.818. The largest absolute Gasteiger partial charge is 0.504 e. The molecular weight excluding hydrogens is 190 g/mol. The summed E-state index contributed by atoms with van der Waals surface area (Å²) in [6.07, 6.45) is 2.38. The normalized spacial score (nSPS) is 20.5. The van der Waals surface area contributed by atoms with Crippen molar-refractivity contribution in [3.05, 3.63) is 23.3 Å². The molecule has 3 heteroatoms. The molecule has 0 saturated carbocycles. The average Bonchev–Trinajstić information content (AvgIpc) is 2.75. The monoisotopic (exact) mass is 207 g/mol. The van der Waals surface area contributed by atoms with Crippen LogP contribution in [0.5, 0.6) is 11.5 Å². The Morgan fingerprint density at radius 2 is 2.27 bits per heavy atom.